The van der Waals surface area contributed by atoms with Crippen LogP contribution in [0.4, 0.5) is 0 Å². The summed E-state index contributed by atoms with van der Waals surface area (Å²) in [7, 11) is 3.28. The normalized spacial score (nSPS) is 34.7. The summed E-state index contributed by atoms with van der Waals surface area (Å²) in [6, 6.07) is 8.06. The van der Waals surface area contributed by atoms with Crippen LogP contribution in [-0.4, -0.2) is 39.5 Å². The van der Waals surface area contributed by atoms with Crippen LogP contribution in [0.1, 0.15) is 76.1 Å². The fourth-order valence-corrected chi connectivity index (χ4v) is 10.4. The average molecular weight is 604 g/mol. The smallest absolute Gasteiger partial charge is 0.261 e. The van der Waals surface area contributed by atoms with Crippen molar-refractivity contribution < 1.29 is 14.6 Å². The summed E-state index contributed by atoms with van der Waals surface area (Å²) in [5, 5.41) is 11.9. The van der Waals surface area contributed by atoms with E-state index in [1.165, 1.54) is 24.8 Å². The van der Waals surface area contributed by atoms with E-state index in [-0.39, 0.29) is 16.4 Å². The van der Waals surface area contributed by atoms with Crippen LogP contribution >= 0.6 is 12.2 Å². The second-order valence-electron chi connectivity index (χ2n) is 14.6. The number of methoxy groups -OCH3 is 2. The zero-order chi connectivity index (χ0) is 30.3. The lowest BCUT2D eigenvalue weighted by atomic mass is 9.44. The Morgan fingerprint density at radius 3 is 2.58 bits per heavy atom. The standard InChI is InChI=1S/C35H45N3O4S/c1-33-19-21-17-24-30(38(32(43)37-31(24)39)15-12-20-6-9-28(41-4)29(16-20)42-5)36-27(21)18-22(33)7-8-23-25(33)10-13-34(2)26(23)11-14-35(34,3)40/h6,9,16-17,22-23,25-26,40H,7-8,10-15,18-19H2,1-5H3,(H,37,39,43). The Morgan fingerprint density at radius 1 is 1.05 bits per heavy atom. The first kappa shape index (κ1) is 29.0. The number of rotatable bonds is 5. The van der Waals surface area contributed by atoms with Gasteiger partial charge in [0.15, 0.2) is 16.3 Å². The van der Waals surface area contributed by atoms with E-state index in [0.717, 1.165) is 43.4 Å². The summed E-state index contributed by atoms with van der Waals surface area (Å²) in [5.74, 6) is 3.91. The summed E-state index contributed by atoms with van der Waals surface area (Å²) in [4.78, 5) is 21.4. The third-order valence-electron chi connectivity index (χ3n) is 12.8. The van der Waals surface area contributed by atoms with Gasteiger partial charge in [-0.15, -0.1) is 0 Å². The molecule has 2 N–H and O–H groups in total. The molecule has 2 heterocycles. The Kier molecular flexibility index (Phi) is 6.86. The summed E-state index contributed by atoms with van der Waals surface area (Å²) >= 11 is 5.67. The van der Waals surface area contributed by atoms with Crippen molar-refractivity contribution in [1.29, 1.82) is 0 Å². The first-order valence-electron chi connectivity index (χ1n) is 16.1. The van der Waals surface area contributed by atoms with Crippen molar-refractivity contribution in [2.24, 2.45) is 34.5 Å². The monoisotopic (exact) mass is 603 g/mol. The van der Waals surface area contributed by atoms with E-state index >= 15 is 0 Å². The van der Waals surface area contributed by atoms with E-state index in [1.807, 2.05) is 22.8 Å². The quantitative estimate of drug-likeness (QED) is 0.327. The second-order valence-corrected chi connectivity index (χ2v) is 15.0. The van der Waals surface area contributed by atoms with E-state index in [2.05, 4.69) is 31.8 Å². The molecule has 4 aliphatic carbocycles. The minimum absolute atomic E-state index is 0.0292. The number of pyridine rings is 1. The highest BCUT2D eigenvalue weighted by atomic mass is 32.1. The van der Waals surface area contributed by atoms with Crippen LogP contribution in [0.25, 0.3) is 11.0 Å². The van der Waals surface area contributed by atoms with Gasteiger partial charge in [-0.3, -0.25) is 9.78 Å². The molecule has 7 rings (SSSR count). The van der Waals surface area contributed by atoms with Crippen molar-refractivity contribution in [1.82, 2.24) is 14.5 Å². The van der Waals surface area contributed by atoms with Gasteiger partial charge in [-0.05, 0) is 141 Å². The zero-order valence-corrected chi connectivity index (χ0v) is 27.0. The van der Waals surface area contributed by atoms with Crippen LogP contribution in [0, 0.1) is 39.3 Å². The molecule has 7 atom stereocenters. The number of aromatic amines is 1. The number of benzene rings is 1. The molecule has 3 saturated carbocycles. The zero-order valence-electron chi connectivity index (χ0n) is 26.2. The highest BCUT2D eigenvalue weighted by molar-refractivity contribution is 7.71. The van der Waals surface area contributed by atoms with Gasteiger partial charge >= 0.3 is 0 Å². The van der Waals surface area contributed by atoms with Crippen molar-refractivity contribution in [3.63, 3.8) is 0 Å². The minimum atomic E-state index is -0.554. The van der Waals surface area contributed by atoms with Gasteiger partial charge in [0.25, 0.3) is 5.56 Å². The van der Waals surface area contributed by atoms with Crippen LogP contribution in [-0.2, 0) is 25.8 Å². The van der Waals surface area contributed by atoms with E-state index in [4.69, 9.17) is 26.7 Å². The number of nitrogens with zero attached hydrogens (tertiary/aromatic N) is 2. The van der Waals surface area contributed by atoms with Crippen LogP contribution in [0.3, 0.4) is 0 Å². The van der Waals surface area contributed by atoms with Crippen molar-refractivity contribution >= 4 is 23.3 Å². The summed E-state index contributed by atoms with van der Waals surface area (Å²) in [6.45, 7) is 7.57. The molecule has 3 aromatic rings. The van der Waals surface area contributed by atoms with Crippen molar-refractivity contribution in [3.05, 3.63) is 56.2 Å². The lowest BCUT2D eigenvalue weighted by molar-refractivity contribution is -0.139. The number of fused-ring (bicyclic) bond motifs is 7. The Morgan fingerprint density at radius 2 is 1.81 bits per heavy atom. The number of hydrogen-bond donors (Lipinski definition) is 2. The van der Waals surface area contributed by atoms with E-state index in [9.17, 15) is 9.90 Å². The second kappa shape index (κ2) is 10.2. The molecule has 0 aliphatic heterocycles. The van der Waals surface area contributed by atoms with Gasteiger partial charge in [-0.25, -0.2) is 4.98 Å². The topological polar surface area (TPSA) is 89.4 Å². The molecule has 7 unspecified atom stereocenters. The molecule has 0 amide bonds. The Balaban J connectivity index is 1.21. The fraction of sp³-hybridized carbons (Fsp3) is 0.629. The minimum Gasteiger partial charge on any atom is -0.493 e. The largest absolute Gasteiger partial charge is 0.493 e. The van der Waals surface area contributed by atoms with Gasteiger partial charge in [-0.1, -0.05) is 19.9 Å². The summed E-state index contributed by atoms with van der Waals surface area (Å²) in [5.41, 5.74) is 3.65. The van der Waals surface area contributed by atoms with Crippen LogP contribution in [0.15, 0.2) is 29.1 Å². The van der Waals surface area contributed by atoms with Gasteiger partial charge in [0.1, 0.15) is 5.65 Å². The van der Waals surface area contributed by atoms with Crippen LogP contribution in [0.5, 0.6) is 11.5 Å². The molecule has 0 radical (unpaired) electrons. The number of hydrogen-bond acceptors (Lipinski definition) is 6. The molecule has 3 fully saturated rings. The predicted molar refractivity (Wildman–Crippen MR) is 170 cm³/mol. The number of nitrogens with one attached hydrogen (secondary N) is 1. The third kappa shape index (κ3) is 4.33. The van der Waals surface area contributed by atoms with E-state index in [1.54, 1.807) is 14.2 Å². The molecular formula is C35H45N3O4S. The maximum Gasteiger partial charge on any atom is 0.261 e. The first-order valence-corrected chi connectivity index (χ1v) is 16.5. The highest BCUT2D eigenvalue weighted by Gasteiger charge is 2.63. The summed E-state index contributed by atoms with van der Waals surface area (Å²) < 4.78 is 13.3. The lowest BCUT2D eigenvalue weighted by Gasteiger charge is -2.61. The predicted octanol–water partition coefficient (Wildman–Crippen LogP) is 6.42. The maximum absolute atomic E-state index is 13.2. The van der Waals surface area contributed by atoms with E-state index in [0.29, 0.717) is 63.9 Å². The number of H-pyrrole nitrogens is 1. The van der Waals surface area contributed by atoms with Gasteiger partial charge in [0, 0.05) is 12.2 Å². The summed E-state index contributed by atoms with van der Waals surface area (Å²) in [6.07, 6.45) is 9.48. The van der Waals surface area contributed by atoms with Gasteiger partial charge in [0.2, 0.25) is 0 Å². The van der Waals surface area contributed by atoms with Gasteiger partial charge in [0.05, 0.1) is 25.2 Å². The Bertz CT molecular complexity index is 1710. The maximum atomic E-state index is 13.2. The third-order valence-corrected chi connectivity index (χ3v) is 13.2. The number of ether oxygens (including phenoxy) is 2. The molecular weight excluding hydrogens is 558 g/mol. The van der Waals surface area contributed by atoms with Gasteiger partial charge in [-0.2, -0.15) is 0 Å². The lowest BCUT2D eigenvalue weighted by Crippen LogP contribution is -2.56. The van der Waals surface area contributed by atoms with Crippen molar-refractivity contribution in [3.8, 4) is 11.5 Å². The SMILES string of the molecule is COc1ccc(CCn2c(=S)[nH]c(=O)c3cc4c(nc32)CC2CCC3C(CCC5(C)C3CCC5(C)O)C2(C)C4)cc1OC. The average Bonchev–Trinajstić information content (AvgIpc) is 3.23. The molecule has 7 nitrogen and oxygen atoms in total. The van der Waals surface area contributed by atoms with Crippen molar-refractivity contribution in [2.75, 3.05) is 14.2 Å². The molecule has 230 valence electrons. The Labute approximate surface area is 259 Å². The number of aryl methyl sites for hydroxylation is 2. The molecule has 0 bridgehead atoms. The molecule has 2 aromatic heterocycles. The first-order chi connectivity index (χ1) is 20.5. The molecule has 1 aromatic carbocycles. The van der Waals surface area contributed by atoms with Gasteiger partial charge < -0.3 is 19.1 Å². The van der Waals surface area contributed by atoms with Crippen LogP contribution < -0.4 is 15.0 Å². The molecule has 8 heteroatoms. The molecule has 0 saturated heterocycles. The fourth-order valence-electron chi connectivity index (χ4n) is 10.1. The highest BCUT2D eigenvalue weighted by Crippen LogP contribution is 2.67. The Hall–Kier alpha value is -2.71. The van der Waals surface area contributed by atoms with Crippen molar-refractivity contribution in [2.45, 2.75) is 90.7 Å². The molecule has 0 spiro atoms. The molecule has 4 aliphatic rings. The molecule has 43 heavy (non-hydrogen) atoms. The number of aromatic nitrogens is 3. The van der Waals surface area contributed by atoms with Crippen LogP contribution in [0.2, 0.25) is 0 Å². The van der Waals surface area contributed by atoms with E-state index < -0.39 is 5.60 Å². The number of aliphatic hydroxyl groups is 1.